The standard InChI is InChI=1S/C9H17N5/c1-9-11-8-12-14(9)7-6-13-4-2-10-3-5-13/h8,10H,2-7H2,1H3. The van der Waals surface area contributed by atoms with Crippen LogP contribution < -0.4 is 5.32 Å². The lowest BCUT2D eigenvalue weighted by atomic mass is 10.3. The normalized spacial score (nSPS) is 18.6. The van der Waals surface area contributed by atoms with Crippen molar-refractivity contribution in [2.24, 2.45) is 0 Å². The smallest absolute Gasteiger partial charge is 0.138 e. The van der Waals surface area contributed by atoms with E-state index in [-0.39, 0.29) is 0 Å². The van der Waals surface area contributed by atoms with Crippen LogP contribution in [0.2, 0.25) is 0 Å². The van der Waals surface area contributed by atoms with Crippen LogP contribution in [-0.4, -0.2) is 52.4 Å². The fraction of sp³-hybridized carbons (Fsp3) is 0.778. The van der Waals surface area contributed by atoms with Gasteiger partial charge in [-0.3, -0.25) is 4.90 Å². The van der Waals surface area contributed by atoms with Crippen LogP contribution in [0.1, 0.15) is 5.82 Å². The van der Waals surface area contributed by atoms with Crippen LogP contribution in [0, 0.1) is 6.92 Å². The summed E-state index contributed by atoms with van der Waals surface area (Å²) < 4.78 is 1.96. The summed E-state index contributed by atoms with van der Waals surface area (Å²) in [4.78, 5) is 6.56. The van der Waals surface area contributed by atoms with Gasteiger partial charge in [0.15, 0.2) is 0 Å². The number of rotatable bonds is 3. The van der Waals surface area contributed by atoms with Gasteiger partial charge in [-0.15, -0.1) is 0 Å². The van der Waals surface area contributed by atoms with Gasteiger partial charge in [0, 0.05) is 32.7 Å². The van der Waals surface area contributed by atoms with Gasteiger partial charge in [0.05, 0.1) is 6.54 Å². The SMILES string of the molecule is Cc1ncnn1CCN1CCNCC1. The van der Waals surface area contributed by atoms with Gasteiger partial charge in [-0.1, -0.05) is 0 Å². The molecule has 0 bridgehead atoms. The van der Waals surface area contributed by atoms with Gasteiger partial charge in [-0.25, -0.2) is 9.67 Å². The number of nitrogens with zero attached hydrogens (tertiary/aromatic N) is 4. The molecule has 2 heterocycles. The van der Waals surface area contributed by atoms with E-state index in [0.29, 0.717) is 0 Å². The third kappa shape index (κ3) is 2.30. The molecular formula is C9H17N5. The minimum Gasteiger partial charge on any atom is -0.314 e. The van der Waals surface area contributed by atoms with Crippen molar-refractivity contribution in [3.8, 4) is 0 Å². The second-order valence-electron chi connectivity index (χ2n) is 3.62. The summed E-state index contributed by atoms with van der Waals surface area (Å²) in [5.41, 5.74) is 0. The van der Waals surface area contributed by atoms with Crippen molar-refractivity contribution in [3.05, 3.63) is 12.2 Å². The van der Waals surface area contributed by atoms with E-state index in [1.165, 1.54) is 0 Å². The first-order chi connectivity index (χ1) is 6.86. The van der Waals surface area contributed by atoms with E-state index in [1.54, 1.807) is 6.33 Å². The predicted molar refractivity (Wildman–Crippen MR) is 54.1 cm³/mol. The molecule has 1 saturated heterocycles. The molecule has 2 rings (SSSR count). The Kier molecular flexibility index (Phi) is 3.10. The van der Waals surface area contributed by atoms with E-state index < -0.39 is 0 Å². The van der Waals surface area contributed by atoms with Gasteiger partial charge < -0.3 is 5.32 Å². The molecule has 0 aliphatic carbocycles. The first-order valence-corrected chi connectivity index (χ1v) is 5.14. The minimum atomic E-state index is 0.950. The maximum Gasteiger partial charge on any atom is 0.138 e. The maximum atomic E-state index is 4.16. The zero-order valence-corrected chi connectivity index (χ0v) is 8.61. The molecule has 0 amide bonds. The Labute approximate surface area is 84.1 Å². The Hall–Kier alpha value is -0.940. The fourth-order valence-corrected chi connectivity index (χ4v) is 1.71. The third-order valence-electron chi connectivity index (χ3n) is 2.65. The molecule has 5 heteroatoms. The Morgan fingerprint density at radius 2 is 2.14 bits per heavy atom. The average Bonchev–Trinajstić information content (AvgIpc) is 2.63. The first-order valence-electron chi connectivity index (χ1n) is 5.14. The van der Waals surface area contributed by atoms with Gasteiger partial charge in [0.1, 0.15) is 12.2 Å². The highest BCUT2D eigenvalue weighted by atomic mass is 15.3. The molecule has 5 nitrogen and oxygen atoms in total. The number of piperazine rings is 1. The van der Waals surface area contributed by atoms with Crippen molar-refractivity contribution in [2.75, 3.05) is 32.7 Å². The van der Waals surface area contributed by atoms with E-state index in [2.05, 4.69) is 20.3 Å². The molecule has 1 aromatic rings. The number of aromatic nitrogens is 3. The van der Waals surface area contributed by atoms with Gasteiger partial charge in [-0.05, 0) is 6.92 Å². The Balaban J connectivity index is 1.79. The van der Waals surface area contributed by atoms with Crippen molar-refractivity contribution < 1.29 is 0 Å². The average molecular weight is 195 g/mol. The van der Waals surface area contributed by atoms with Gasteiger partial charge >= 0.3 is 0 Å². The van der Waals surface area contributed by atoms with Crippen LogP contribution in [-0.2, 0) is 6.54 Å². The molecule has 78 valence electrons. The molecule has 14 heavy (non-hydrogen) atoms. The van der Waals surface area contributed by atoms with Crippen LogP contribution in [0.3, 0.4) is 0 Å². The van der Waals surface area contributed by atoms with Crippen molar-refractivity contribution >= 4 is 0 Å². The van der Waals surface area contributed by atoms with Crippen LogP contribution in [0.5, 0.6) is 0 Å². The van der Waals surface area contributed by atoms with E-state index in [4.69, 9.17) is 0 Å². The summed E-state index contributed by atoms with van der Waals surface area (Å²) in [7, 11) is 0. The van der Waals surface area contributed by atoms with Gasteiger partial charge in [-0.2, -0.15) is 5.10 Å². The van der Waals surface area contributed by atoms with E-state index >= 15 is 0 Å². The molecule has 0 saturated carbocycles. The first kappa shape index (κ1) is 9.61. The van der Waals surface area contributed by atoms with E-state index in [9.17, 15) is 0 Å². The largest absolute Gasteiger partial charge is 0.314 e. The van der Waals surface area contributed by atoms with Crippen LogP contribution in [0.15, 0.2) is 6.33 Å². The number of nitrogens with one attached hydrogen (secondary N) is 1. The fourth-order valence-electron chi connectivity index (χ4n) is 1.71. The molecule has 0 aromatic carbocycles. The zero-order valence-electron chi connectivity index (χ0n) is 8.61. The second-order valence-corrected chi connectivity index (χ2v) is 3.62. The highest BCUT2D eigenvalue weighted by Crippen LogP contribution is 1.95. The summed E-state index contributed by atoms with van der Waals surface area (Å²) in [5.74, 6) is 1.00. The van der Waals surface area contributed by atoms with Crippen molar-refractivity contribution in [1.82, 2.24) is 25.0 Å². The van der Waals surface area contributed by atoms with Crippen molar-refractivity contribution in [3.63, 3.8) is 0 Å². The molecule has 0 radical (unpaired) electrons. The summed E-state index contributed by atoms with van der Waals surface area (Å²) in [6, 6.07) is 0. The molecular weight excluding hydrogens is 178 g/mol. The van der Waals surface area contributed by atoms with Crippen molar-refractivity contribution in [1.29, 1.82) is 0 Å². The highest BCUT2D eigenvalue weighted by Gasteiger charge is 2.09. The lowest BCUT2D eigenvalue weighted by Gasteiger charge is -2.26. The zero-order chi connectivity index (χ0) is 9.80. The summed E-state index contributed by atoms with van der Waals surface area (Å²) in [6.45, 7) is 8.52. The lowest BCUT2D eigenvalue weighted by molar-refractivity contribution is 0.228. The molecule has 1 aromatic heterocycles. The molecule has 0 unspecified atom stereocenters. The molecule has 1 aliphatic heterocycles. The molecule has 0 spiro atoms. The monoisotopic (exact) mass is 195 g/mol. The molecule has 1 N–H and O–H groups in total. The van der Waals surface area contributed by atoms with Crippen LogP contribution in [0.25, 0.3) is 0 Å². The van der Waals surface area contributed by atoms with Crippen molar-refractivity contribution in [2.45, 2.75) is 13.5 Å². The topological polar surface area (TPSA) is 46.0 Å². The summed E-state index contributed by atoms with van der Waals surface area (Å²) in [6.07, 6.45) is 1.62. The third-order valence-corrected chi connectivity index (χ3v) is 2.65. The Morgan fingerprint density at radius 3 is 2.79 bits per heavy atom. The lowest BCUT2D eigenvalue weighted by Crippen LogP contribution is -2.44. The van der Waals surface area contributed by atoms with E-state index in [0.717, 1.165) is 45.1 Å². The maximum absolute atomic E-state index is 4.16. The highest BCUT2D eigenvalue weighted by molar-refractivity contribution is 4.78. The van der Waals surface area contributed by atoms with Gasteiger partial charge in [0.2, 0.25) is 0 Å². The molecule has 1 fully saturated rings. The van der Waals surface area contributed by atoms with Crippen LogP contribution in [0.4, 0.5) is 0 Å². The Morgan fingerprint density at radius 1 is 1.36 bits per heavy atom. The van der Waals surface area contributed by atoms with Crippen LogP contribution >= 0.6 is 0 Å². The number of aryl methyl sites for hydroxylation is 1. The number of hydrogen-bond donors (Lipinski definition) is 1. The Bertz CT molecular complexity index is 276. The summed E-state index contributed by atoms with van der Waals surface area (Å²) >= 11 is 0. The van der Waals surface area contributed by atoms with E-state index in [1.807, 2.05) is 11.6 Å². The van der Waals surface area contributed by atoms with Gasteiger partial charge in [0.25, 0.3) is 0 Å². The number of hydrogen-bond acceptors (Lipinski definition) is 4. The summed E-state index contributed by atoms with van der Waals surface area (Å²) in [5, 5.41) is 7.51. The quantitative estimate of drug-likeness (QED) is 0.706. The predicted octanol–water partition coefficient (Wildman–Crippen LogP) is -0.508. The molecule has 1 aliphatic rings. The minimum absolute atomic E-state index is 0.950. The second kappa shape index (κ2) is 4.52. The molecule has 0 atom stereocenters.